The second kappa shape index (κ2) is 16.5. The fourth-order valence-electron chi connectivity index (χ4n) is 3.65. The van der Waals surface area contributed by atoms with Gasteiger partial charge in [0.1, 0.15) is 31.0 Å². The number of quaternary nitrogens is 1. The molecule has 0 fully saturated rings. The maximum atomic E-state index is 10.1. The molecule has 0 spiro atoms. The molecular weight excluding hydrogens is 358 g/mol. The van der Waals surface area contributed by atoms with Crippen LogP contribution in [0.25, 0.3) is 0 Å². The zero-order valence-corrected chi connectivity index (χ0v) is 18.6. The van der Waals surface area contributed by atoms with Crippen molar-refractivity contribution in [2.24, 2.45) is 0 Å². The first-order chi connectivity index (χ1) is 13.2. The molecule has 4 atom stereocenters. The van der Waals surface area contributed by atoms with E-state index in [0.29, 0.717) is 4.48 Å². The molecule has 0 aliphatic heterocycles. The van der Waals surface area contributed by atoms with Gasteiger partial charge in [-0.3, -0.25) is 0 Å². The Morgan fingerprint density at radius 3 is 1.43 bits per heavy atom. The third kappa shape index (κ3) is 13.9. The molecule has 0 saturated heterocycles. The van der Waals surface area contributed by atoms with Crippen molar-refractivity contribution in [3.05, 3.63) is 0 Å². The molecule has 5 N–H and O–H groups in total. The van der Waals surface area contributed by atoms with Crippen molar-refractivity contribution >= 4 is 0 Å². The fourth-order valence-corrected chi connectivity index (χ4v) is 3.65. The van der Waals surface area contributed by atoms with E-state index in [4.69, 9.17) is 5.11 Å². The van der Waals surface area contributed by atoms with Crippen LogP contribution >= 0.6 is 0 Å². The minimum absolute atomic E-state index is 0.286. The van der Waals surface area contributed by atoms with Crippen LogP contribution in [0.4, 0.5) is 0 Å². The Hall–Kier alpha value is -0.240. The predicted molar refractivity (Wildman–Crippen MR) is 114 cm³/mol. The van der Waals surface area contributed by atoms with Crippen molar-refractivity contribution in [2.75, 3.05) is 33.8 Å². The Kier molecular flexibility index (Phi) is 16.4. The Bertz CT molecular complexity index is 354. The van der Waals surface area contributed by atoms with Gasteiger partial charge in [0.05, 0.1) is 27.2 Å². The number of aliphatic hydroxyl groups is 5. The molecule has 28 heavy (non-hydrogen) atoms. The molecule has 0 aliphatic carbocycles. The predicted octanol–water partition coefficient (Wildman–Crippen LogP) is 2.20. The van der Waals surface area contributed by atoms with Gasteiger partial charge in [0.15, 0.2) is 0 Å². The van der Waals surface area contributed by atoms with Crippen LogP contribution < -0.4 is 0 Å². The minimum atomic E-state index is -1.55. The summed E-state index contributed by atoms with van der Waals surface area (Å²) in [7, 11) is 3.98. The number of unbranched alkanes of at least 4 members (excludes halogenated alkanes) is 11. The number of aliphatic hydroxyl groups excluding tert-OH is 5. The van der Waals surface area contributed by atoms with Gasteiger partial charge >= 0.3 is 0 Å². The first-order valence-corrected chi connectivity index (χ1v) is 11.4. The van der Waals surface area contributed by atoms with Gasteiger partial charge in [0, 0.05) is 0 Å². The molecule has 0 rings (SSSR count). The van der Waals surface area contributed by atoms with E-state index < -0.39 is 31.0 Å². The summed E-state index contributed by atoms with van der Waals surface area (Å²) < 4.78 is 0.540. The van der Waals surface area contributed by atoms with Crippen LogP contribution in [-0.2, 0) is 0 Å². The van der Waals surface area contributed by atoms with Gasteiger partial charge in [-0.1, -0.05) is 71.1 Å². The average Bonchev–Trinajstić information content (AvgIpc) is 2.66. The van der Waals surface area contributed by atoms with Crippen molar-refractivity contribution in [3.8, 4) is 0 Å². The van der Waals surface area contributed by atoms with Crippen molar-refractivity contribution in [1.29, 1.82) is 0 Å². The Morgan fingerprint density at radius 2 is 1.00 bits per heavy atom. The first-order valence-electron chi connectivity index (χ1n) is 11.4. The quantitative estimate of drug-likeness (QED) is 0.167. The second-order valence-electron chi connectivity index (χ2n) is 9.03. The Morgan fingerprint density at radius 1 is 0.607 bits per heavy atom. The van der Waals surface area contributed by atoms with Crippen LogP contribution in [0.1, 0.15) is 84.0 Å². The maximum Gasteiger partial charge on any atom is 0.131 e. The second-order valence-corrected chi connectivity index (χ2v) is 9.03. The Labute approximate surface area is 172 Å². The van der Waals surface area contributed by atoms with Gasteiger partial charge in [-0.15, -0.1) is 0 Å². The van der Waals surface area contributed by atoms with Crippen LogP contribution in [0.5, 0.6) is 0 Å². The normalized spacial score (nSPS) is 16.7. The van der Waals surface area contributed by atoms with E-state index in [9.17, 15) is 20.4 Å². The highest BCUT2D eigenvalue weighted by atomic mass is 16.4. The largest absolute Gasteiger partial charge is 0.394 e. The van der Waals surface area contributed by atoms with E-state index in [0.717, 1.165) is 13.0 Å². The Balaban J connectivity index is 3.76. The van der Waals surface area contributed by atoms with E-state index >= 15 is 0 Å². The molecule has 0 heterocycles. The van der Waals surface area contributed by atoms with Gasteiger partial charge in [0.25, 0.3) is 0 Å². The van der Waals surface area contributed by atoms with E-state index in [1.807, 2.05) is 14.1 Å². The van der Waals surface area contributed by atoms with Crippen molar-refractivity contribution in [1.82, 2.24) is 0 Å². The van der Waals surface area contributed by atoms with Crippen LogP contribution in [0.15, 0.2) is 0 Å². The standard InChI is InChI=1S/C22H48NO5/c1-4-5-6-7-8-9-10-11-12-13-14-15-16-23(2,3)17-19(25)21(27)22(28)20(26)18-24/h19-22,24-28H,4-18H2,1-3H3/q+1/t19-,20+,21-,22+/m0/s1. The van der Waals surface area contributed by atoms with Crippen LogP contribution in [-0.4, -0.2) is 88.2 Å². The third-order valence-electron chi connectivity index (χ3n) is 5.62. The lowest BCUT2D eigenvalue weighted by atomic mass is 10.0. The number of rotatable bonds is 19. The SMILES string of the molecule is CCCCCCCCCCCCCC[N+](C)(C)C[C@H](O)[C@H](O)[C@H](O)[C@H](O)CO. The van der Waals surface area contributed by atoms with Crippen molar-refractivity contribution in [3.63, 3.8) is 0 Å². The number of hydrogen-bond acceptors (Lipinski definition) is 5. The van der Waals surface area contributed by atoms with E-state index in [1.165, 1.54) is 70.6 Å². The van der Waals surface area contributed by atoms with E-state index in [1.54, 1.807) is 0 Å². The molecule has 0 unspecified atom stereocenters. The lowest BCUT2D eigenvalue weighted by Gasteiger charge is -2.34. The molecule has 0 saturated carbocycles. The lowest BCUT2D eigenvalue weighted by Crippen LogP contribution is -2.54. The van der Waals surface area contributed by atoms with Crippen LogP contribution in [0, 0.1) is 0 Å². The minimum Gasteiger partial charge on any atom is -0.394 e. The molecule has 0 amide bonds. The zero-order chi connectivity index (χ0) is 21.4. The van der Waals surface area contributed by atoms with E-state index in [2.05, 4.69) is 6.92 Å². The monoisotopic (exact) mass is 406 g/mol. The number of likely N-dealkylation sites (N-methyl/N-ethyl adjacent to an activating group) is 1. The molecule has 0 radical (unpaired) electrons. The van der Waals surface area contributed by atoms with Gasteiger partial charge in [0.2, 0.25) is 0 Å². The summed E-state index contributed by atoms with van der Waals surface area (Å²) in [6.45, 7) is 2.77. The molecule has 0 bridgehead atoms. The first kappa shape index (κ1) is 27.8. The van der Waals surface area contributed by atoms with Gasteiger partial charge in [-0.25, -0.2) is 0 Å². The van der Waals surface area contributed by atoms with Crippen LogP contribution in [0.2, 0.25) is 0 Å². The molecule has 6 nitrogen and oxygen atoms in total. The molecule has 0 aromatic carbocycles. The molecule has 0 aromatic heterocycles. The summed E-state index contributed by atoms with van der Waals surface area (Å²) in [5, 5.41) is 48.0. The topological polar surface area (TPSA) is 101 Å². The van der Waals surface area contributed by atoms with Gasteiger partial charge < -0.3 is 30.0 Å². The fraction of sp³-hybridized carbons (Fsp3) is 1.00. The highest BCUT2D eigenvalue weighted by Gasteiger charge is 2.33. The highest BCUT2D eigenvalue weighted by Crippen LogP contribution is 2.14. The summed E-state index contributed by atoms with van der Waals surface area (Å²) in [6, 6.07) is 0. The molecule has 0 aliphatic rings. The van der Waals surface area contributed by atoms with Crippen molar-refractivity contribution < 1.29 is 30.0 Å². The summed E-state index contributed by atoms with van der Waals surface area (Å²) in [5.74, 6) is 0. The van der Waals surface area contributed by atoms with Gasteiger partial charge in [-0.05, 0) is 12.8 Å². The maximum absolute atomic E-state index is 10.1. The summed E-state index contributed by atoms with van der Waals surface area (Å²) in [6.07, 6.45) is 10.0. The van der Waals surface area contributed by atoms with Crippen LogP contribution in [0.3, 0.4) is 0 Å². The molecule has 0 aromatic rings. The summed E-state index contributed by atoms with van der Waals surface area (Å²) in [5.41, 5.74) is 0. The molecule has 170 valence electrons. The van der Waals surface area contributed by atoms with Gasteiger partial charge in [-0.2, -0.15) is 0 Å². The van der Waals surface area contributed by atoms with Crippen molar-refractivity contribution in [2.45, 2.75) is 108 Å². The number of hydrogen-bond donors (Lipinski definition) is 5. The van der Waals surface area contributed by atoms with E-state index in [-0.39, 0.29) is 6.54 Å². The average molecular weight is 407 g/mol. The third-order valence-corrected chi connectivity index (χ3v) is 5.62. The highest BCUT2D eigenvalue weighted by molar-refractivity contribution is 4.80. The molecule has 6 heteroatoms. The molecular formula is C22H48NO5+. The smallest absolute Gasteiger partial charge is 0.131 e. The summed E-state index contributed by atoms with van der Waals surface area (Å²) in [4.78, 5) is 0. The zero-order valence-electron chi connectivity index (χ0n) is 18.6. The lowest BCUT2D eigenvalue weighted by molar-refractivity contribution is -0.894. The summed E-state index contributed by atoms with van der Waals surface area (Å²) >= 11 is 0. The number of nitrogens with zero attached hydrogens (tertiary/aromatic N) is 1.